The van der Waals surface area contributed by atoms with Gasteiger partial charge in [0.2, 0.25) is 10.0 Å². The molecule has 152 valence electrons. The highest BCUT2D eigenvalue weighted by atomic mass is 32.2. The molecule has 1 aliphatic rings. The normalized spacial score (nSPS) is 15.4. The van der Waals surface area contributed by atoms with E-state index in [1.807, 2.05) is 0 Å². The van der Waals surface area contributed by atoms with Gasteiger partial charge in [-0.25, -0.2) is 22.0 Å². The third kappa shape index (κ3) is 3.74. The Kier molecular flexibility index (Phi) is 4.97. The maximum absolute atomic E-state index is 13.2. The molecule has 28 heavy (non-hydrogen) atoms. The highest BCUT2D eigenvalue weighted by molar-refractivity contribution is 7.92. The number of fused-ring (bicyclic) bond motifs is 1. The van der Waals surface area contributed by atoms with Gasteiger partial charge in [0.25, 0.3) is 10.0 Å². The lowest BCUT2D eigenvalue weighted by Crippen LogP contribution is -2.36. The molecule has 1 heterocycles. The molecule has 1 aliphatic heterocycles. The number of nitrogens with zero attached hydrogens (tertiary/aromatic N) is 1. The topological polar surface area (TPSA) is 97.5 Å². The molecule has 0 aromatic heterocycles. The third-order valence-corrected chi connectivity index (χ3v) is 7.28. The molecular formula is C17H17F3N2O4S2. The molecule has 0 radical (unpaired) electrons. The minimum absolute atomic E-state index is 0.0125. The molecule has 0 unspecified atom stereocenters. The largest absolute Gasteiger partial charge is 0.416 e. The monoisotopic (exact) mass is 434 g/mol. The van der Waals surface area contributed by atoms with Gasteiger partial charge in [-0.15, -0.1) is 0 Å². The zero-order chi connectivity index (χ0) is 20.9. The molecule has 2 aromatic carbocycles. The van der Waals surface area contributed by atoms with E-state index in [2.05, 4.69) is 0 Å². The van der Waals surface area contributed by atoms with Gasteiger partial charge < -0.3 is 0 Å². The van der Waals surface area contributed by atoms with Crippen LogP contribution in [0.25, 0.3) is 0 Å². The molecule has 0 amide bonds. The minimum atomic E-state index is -4.70. The average Bonchev–Trinajstić information content (AvgIpc) is 2.59. The van der Waals surface area contributed by atoms with Crippen molar-refractivity contribution >= 4 is 25.7 Å². The summed E-state index contributed by atoms with van der Waals surface area (Å²) in [5, 5.41) is 5.12. The van der Waals surface area contributed by atoms with E-state index in [1.165, 1.54) is 19.1 Å². The van der Waals surface area contributed by atoms with Crippen molar-refractivity contribution in [2.45, 2.75) is 35.7 Å². The summed E-state index contributed by atoms with van der Waals surface area (Å²) in [6.07, 6.45) is -3.75. The summed E-state index contributed by atoms with van der Waals surface area (Å²) in [5.74, 6) is 0. The lowest BCUT2D eigenvalue weighted by atomic mass is 10.0. The summed E-state index contributed by atoms with van der Waals surface area (Å²) in [6, 6.07) is 6.69. The summed E-state index contributed by atoms with van der Waals surface area (Å²) in [5.41, 5.74) is -0.455. The van der Waals surface area contributed by atoms with Crippen molar-refractivity contribution < 1.29 is 30.0 Å². The van der Waals surface area contributed by atoms with Crippen molar-refractivity contribution in [3.8, 4) is 0 Å². The number of primary sulfonamides is 1. The Labute approximate surface area is 160 Å². The second kappa shape index (κ2) is 6.75. The van der Waals surface area contributed by atoms with E-state index in [0.29, 0.717) is 24.5 Å². The first-order chi connectivity index (χ1) is 12.8. The van der Waals surface area contributed by atoms with Gasteiger partial charge in [0.15, 0.2) is 0 Å². The Balaban J connectivity index is 2.15. The molecule has 11 heteroatoms. The minimum Gasteiger partial charge on any atom is -0.266 e. The molecule has 2 N–H and O–H groups in total. The SMILES string of the molecule is Cc1ccc(S(=O)(=O)N2CCCc3ccc(S(N)(=O)=O)cc32)cc1C(F)(F)F. The van der Waals surface area contributed by atoms with Crippen LogP contribution in [0.4, 0.5) is 18.9 Å². The molecule has 0 saturated heterocycles. The first-order valence-corrected chi connectivity index (χ1v) is 11.2. The maximum atomic E-state index is 13.2. The van der Waals surface area contributed by atoms with E-state index in [1.54, 1.807) is 0 Å². The fourth-order valence-corrected chi connectivity index (χ4v) is 5.23. The Morgan fingerprint density at radius 2 is 1.64 bits per heavy atom. The van der Waals surface area contributed by atoms with Gasteiger partial charge in [0.1, 0.15) is 0 Å². The highest BCUT2D eigenvalue weighted by Crippen LogP contribution is 2.37. The molecule has 3 rings (SSSR count). The molecule has 0 aliphatic carbocycles. The van der Waals surface area contributed by atoms with Crippen LogP contribution in [0, 0.1) is 6.92 Å². The van der Waals surface area contributed by atoms with Crippen LogP contribution in [0.2, 0.25) is 0 Å². The van der Waals surface area contributed by atoms with Crippen LogP contribution in [0.5, 0.6) is 0 Å². The number of hydrogen-bond donors (Lipinski definition) is 1. The highest BCUT2D eigenvalue weighted by Gasteiger charge is 2.36. The number of hydrogen-bond acceptors (Lipinski definition) is 4. The number of alkyl halides is 3. The van der Waals surface area contributed by atoms with Crippen LogP contribution < -0.4 is 9.44 Å². The molecule has 2 aromatic rings. The Bertz CT molecular complexity index is 1140. The van der Waals surface area contributed by atoms with Crippen LogP contribution in [-0.4, -0.2) is 23.4 Å². The van der Waals surface area contributed by atoms with E-state index >= 15 is 0 Å². The predicted molar refractivity (Wildman–Crippen MR) is 96.8 cm³/mol. The molecular weight excluding hydrogens is 417 g/mol. The van der Waals surface area contributed by atoms with Gasteiger partial charge in [-0.05, 0) is 55.2 Å². The second-order valence-corrected chi connectivity index (χ2v) is 9.91. The van der Waals surface area contributed by atoms with Crippen LogP contribution >= 0.6 is 0 Å². The summed E-state index contributed by atoms with van der Waals surface area (Å²) >= 11 is 0. The van der Waals surface area contributed by atoms with Crippen molar-refractivity contribution in [1.82, 2.24) is 0 Å². The summed E-state index contributed by atoms with van der Waals surface area (Å²) < 4.78 is 89.9. The van der Waals surface area contributed by atoms with Gasteiger partial charge in [-0.1, -0.05) is 12.1 Å². The summed E-state index contributed by atoms with van der Waals surface area (Å²) in [6.45, 7) is 1.26. The lowest BCUT2D eigenvalue weighted by Gasteiger charge is -2.31. The number of benzene rings is 2. The van der Waals surface area contributed by atoms with E-state index in [4.69, 9.17) is 5.14 Å². The van der Waals surface area contributed by atoms with Crippen molar-refractivity contribution in [3.63, 3.8) is 0 Å². The number of sulfonamides is 2. The van der Waals surface area contributed by atoms with E-state index in [-0.39, 0.29) is 22.7 Å². The third-order valence-electron chi connectivity index (χ3n) is 4.56. The van der Waals surface area contributed by atoms with Crippen LogP contribution in [0.3, 0.4) is 0 Å². The van der Waals surface area contributed by atoms with Gasteiger partial charge in [-0.3, -0.25) is 4.31 Å². The molecule has 0 bridgehead atoms. The quantitative estimate of drug-likeness (QED) is 0.803. The molecule has 0 atom stereocenters. The van der Waals surface area contributed by atoms with Crippen LogP contribution in [0.15, 0.2) is 46.2 Å². The fraction of sp³-hybridized carbons (Fsp3) is 0.294. The summed E-state index contributed by atoms with van der Waals surface area (Å²) in [4.78, 5) is -0.785. The van der Waals surface area contributed by atoms with E-state index in [0.717, 1.165) is 22.5 Å². The first kappa shape index (κ1) is 20.6. The maximum Gasteiger partial charge on any atom is 0.416 e. The van der Waals surface area contributed by atoms with Crippen molar-refractivity contribution in [3.05, 3.63) is 53.1 Å². The van der Waals surface area contributed by atoms with E-state index in [9.17, 15) is 30.0 Å². The van der Waals surface area contributed by atoms with E-state index < -0.39 is 36.7 Å². The molecule has 0 saturated carbocycles. The standard InChI is InChI=1S/C17H17F3N2O4S2/c1-11-4-6-14(9-15(11)17(18,19)20)28(25,26)22-8-2-3-12-5-7-13(10-16(12)22)27(21,23)24/h4-7,9-10H,2-3,8H2,1H3,(H2,21,23,24). The fourth-order valence-electron chi connectivity index (χ4n) is 3.14. The van der Waals surface area contributed by atoms with Crippen molar-refractivity contribution in [1.29, 1.82) is 0 Å². The Morgan fingerprint density at radius 1 is 1.00 bits per heavy atom. The van der Waals surface area contributed by atoms with Crippen LogP contribution in [-0.2, 0) is 32.6 Å². The summed E-state index contributed by atoms with van der Waals surface area (Å²) in [7, 11) is -8.41. The predicted octanol–water partition coefficient (Wildman–Crippen LogP) is 2.80. The number of aryl methyl sites for hydroxylation is 2. The van der Waals surface area contributed by atoms with Gasteiger partial charge >= 0.3 is 6.18 Å². The Hall–Kier alpha value is -2.11. The van der Waals surface area contributed by atoms with Crippen LogP contribution in [0.1, 0.15) is 23.1 Å². The number of anilines is 1. The first-order valence-electron chi connectivity index (χ1n) is 8.18. The number of rotatable bonds is 3. The number of nitrogens with two attached hydrogens (primary N) is 1. The smallest absolute Gasteiger partial charge is 0.266 e. The van der Waals surface area contributed by atoms with Gasteiger partial charge in [-0.2, -0.15) is 13.2 Å². The second-order valence-electron chi connectivity index (χ2n) is 6.49. The lowest BCUT2D eigenvalue weighted by molar-refractivity contribution is -0.138. The van der Waals surface area contributed by atoms with Gasteiger partial charge in [0, 0.05) is 6.54 Å². The number of halogens is 3. The zero-order valence-corrected chi connectivity index (χ0v) is 16.3. The average molecular weight is 434 g/mol. The van der Waals surface area contributed by atoms with Crippen molar-refractivity contribution in [2.24, 2.45) is 5.14 Å². The van der Waals surface area contributed by atoms with Gasteiger partial charge in [0.05, 0.1) is 21.0 Å². The molecule has 6 nitrogen and oxygen atoms in total. The molecule has 0 fully saturated rings. The zero-order valence-electron chi connectivity index (χ0n) is 14.7. The van der Waals surface area contributed by atoms with Crippen molar-refractivity contribution in [2.75, 3.05) is 10.8 Å². The Morgan fingerprint density at radius 3 is 2.25 bits per heavy atom. The molecule has 0 spiro atoms.